The molecule has 4 N–H and O–H groups in total. The molecule has 0 aliphatic carbocycles. The number of nitrogens with two attached hydrogens (primary N) is 1. The number of aromatic nitrogens is 2. The minimum absolute atomic E-state index is 0.207. The van der Waals surface area contributed by atoms with E-state index in [0.29, 0.717) is 23.8 Å². The molecule has 6 nitrogen and oxygen atoms in total. The molecule has 0 saturated carbocycles. The van der Waals surface area contributed by atoms with Gasteiger partial charge in [-0.3, -0.25) is 9.89 Å². The lowest BCUT2D eigenvalue weighted by Gasteiger charge is -2.16. The number of aromatic amines is 1. The van der Waals surface area contributed by atoms with E-state index in [9.17, 15) is 4.79 Å². The summed E-state index contributed by atoms with van der Waals surface area (Å²) in [5.74, 6) is 0.190. The van der Waals surface area contributed by atoms with Crippen LogP contribution >= 0.6 is 0 Å². The Balaban J connectivity index is 1.86. The molecule has 0 radical (unpaired) electrons. The van der Waals surface area contributed by atoms with E-state index in [1.807, 2.05) is 0 Å². The average Bonchev–Trinajstić information content (AvgIpc) is 2.94. The van der Waals surface area contributed by atoms with E-state index in [0.717, 1.165) is 19.4 Å². The smallest absolute Gasteiger partial charge is 0.271 e. The molecule has 2 atom stereocenters. The van der Waals surface area contributed by atoms with Crippen molar-refractivity contribution in [2.75, 3.05) is 18.9 Å². The molecule has 17 heavy (non-hydrogen) atoms. The van der Waals surface area contributed by atoms with Gasteiger partial charge in [0.1, 0.15) is 5.69 Å². The number of nitrogens with one attached hydrogen (secondary N) is 2. The van der Waals surface area contributed by atoms with Crippen LogP contribution in [0.2, 0.25) is 0 Å². The van der Waals surface area contributed by atoms with Gasteiger partial charge in [-0.05, 0) is 12.8 Å². The van der Waals surface area contributed by atoms with Crippen LogP contribution < -0.4 is 11.1 Å². The van der Waals surface area contributed by atoms with Crippen molar-refractivity contribution in [2.24, 2.45) is 5.92 Å². The van der Waals surface area contributed by atoms with Gasteiger partial charge in [0.25, 0.3) is 5.91 Å². The second kappa shape index (κ2) is 5.18. The van der Waals surface area contributed by atoms with Gasteiger partial charge in [-0.15, -0.1) is 0 Å². The number of nitrogen functional groups attached to an aromatic ring is 1. The van der Waals surface area contributed by atoms with Gasteiger partial charge in [0.05, 0.1) is 18.0 Å². The second-order valence-corrected chi connectivity index (χ2v) is 4.28. The molecule has 1 aliphatic rings. The number of carbonyl (C=O) groups excluding carboxylic acids is 1. The lowest BCUT2D eigenvalue weighted by Crippen LogP contribution is -2.33. The molecule has 1 saturated heterocycles. The second-order valence-electron chi connectivity index (χ2n) is 4.28. The van der Waals surface area contributed by atoms with Crippen LogP contribution in [0.15, 0.2) is 6.20 Å². The first-order chi connectivity index (χ1) is 8.22. The van der Waals surface area contributed by atoms with Crippen molar-refractivity contribution >= 4 is 11.6 Å². The molecule has 1 aromatic heterocycles. The van der Waals surface area contributed by atoms with E-state index in [1.165, 1.54) is 6.20 Å². The molecule has 1 aromatic rings. The Morgan fingerprint density at radius 3 is 3.24 bits per heavy atom. The number of nitrogens with zero attached hydrogens (tertiary/aromatic N) is 1. The maximum absolute atomic E-state index is 11.8. The monoisotopic (exact) mass is 238 g/mol. The van der Waals surface area contributed by atoms with Crippen molar-refractivity contribution in [3.05, 3.63) is 11.9 Å². The lowest BCUT2D eigenvalue weighted by atomic mass is 10.00. The largest absolute Gasteiger partial charge is 0.396 e. The molecular formula is C11H18N4O2. The summed E-state index contributed by atoms with van der Waals surface area (Å²) < 4.78 is 5.57. The van der Waals surface area contributed by atoms with Crippen LogP contribution in [-0.4, -0.2) is 35.4 Å². The summed E-state index contributed by atoms with van der Waals surface area (Å²) in [7, 11) is 0. The van der Waals surface area contributed by atoms with Crippen molar-refractivity contribution in [1.82, 2.24) is 15.5 Å². The van der Waals surface area contributed by atoms with Gasteiger partial charge in [0.15, 0.2) is 0 Å². The molecule has 1 aliphatic heterocycles. The fourth-order valence-electron chi connectivity index (χ4n) is 2.17. The highest BCUT2D eigenvalue weighted by Crippen LogP contribution is 2.22. The number of carbonyl (C=O) groups is 1. The quantitative estimate of drug-likeness (QED) is 0.713. The molecule has 0 aromatic carbocycles. The highest BCUT2D eigenvalue weighted by Gasteiger charge is 2.27. The number of hydrogen-bond donors (Lipinski definition) is 3. The maximum Gasteiger partial charge on any atom is 0.271 e. The van der Waals surface area contributed by atoms with E-state index in [1.54, 1.807) is 0 Å². The standard InChI is InChI=1S/C11H18N4O2/c1-2-9-7(3-4-17-9)5-13-11(16)10-8(12)6-14-15-10/h6-7,9H,2-5,12H2,1H3,(H,13,16)(H,14,15). The summed E-state index contributed by atoms with van der Waals surface area (Å²) >= 11 is 0. The maximum atomic E-state index is 11.8. The van der Waals surface area contributed by atoms with Crippen LogP contribution in [0.4, 0.5) is 5.69 Å². The molecule has 2 unspecified atom stereocenters. The number of ether oxygens (including phenoxy) is 1. The van der Waals surface area contributed by atoms with E-state index in [4.69, 9.17) is 10.5 Å². The minimum Gasteiger partial charge on any atom is -0.396 e. The summed E-state index contributed by atoms with van der Waals surface area (Å²) in [6.45, 7) is 3.50. The van der Waals surface area contributed by atoms with Crippen LogP contribution in [0, 0.1) is 5.92 Å². The SMILES string of the molecule is CCC1OCCC1CNC(=O)c1[nH]ncc1N. The zero-order valence-electron chi connectivity index (χ0n) is 9.90. The zero-order valence-corrected chi connectivity index (χ0v) is 9.90. The third-order valence-electron chi connectivity index (χ3n) is 3.17. The highest BCUT2D eigenvalue weighted by atomic mass is 16.5. The van der Waals surface area contributed by atoms with Crippen LogP contribution in [0.3, 0.4) is 0 Å². The van der Waals surface area contributed by atoms with Crippen LogP contribution in [0.5, 0.6) is 0 Å². The molecule has 6 heteroatoms. The van der Waals surface area contributed by atoms with E-state index in [2.05, 4.69) is 22.4 Å². The van der Waals surface area contributed by atoms with E-state index >= 15 is 0 Å². The van der Waals surface area contributed by atoms with E-state index in [-0.39, 0.29) is 12.0 Å². The first-order valence-electron chi connectivity index (χ1n) is 5.91. The number of hydrogen-bond acceptors (Lipinski definition) is 4. The van der Waals surface area contributed by atoms with Gasteiger partial charge < -0.3 is 15.8 Å². The first-order valence-corrected chi connectivity index (χ1v) is 5.91. The van der Waals surface area contributed by atoms with Crippen molar-refractivity contribution < 1.29 is 9.53 Å². The Hall–Kier alpha value is -1.56. The number of anilines is 1. The van der Waals surface area contributed by atoms with Crippen LogP contribution in [0.1, 0.15) is 30.3 Å². The van der Waals surface area contributed by atoms with Crippen molar-refractivity contribution in [2.45, 2.75) is 25.9 Å². The van der Waals surface area contributed by atoms with Gasteiger partial charge in [-0.25, -0.2) is 0 Å². The molecule has 1 amide bonds. The fraction of sp³-hybridized carbons (Fsp3) is 0.636. The third-order valence-corrected chi connectivity index (χ3v) is 3.17. The Morgan fingerprint density at radius 2 is 2.59 bits per heavy atom. The average molecular weight is 238 g/mol. The van der Waals surface area contributed by atoms with Crippen molar-refractivity contribution in [1.29, 1.82) is 0 Å². The summed E-state index contributed by atoms with van der Waals surface area (Å²) in [5.41, 5.74) is 6.30. The first kappa shape index (κ1) is 11.9. The van der Waals surface area contributed by atoms with Crippen molar-refractivity contribution in [3.8, 4) is 0 Å². The zero-order chi connectivity index (χ0) is 12.3. The van der Waals surface area contributed by atoms with E-state index < -0.39 is 0 Å². The van der Waals surface area contributed by atoms with Gasteiger partial charge >= 0.3 is 0 Å². The topological polar surface area (TPSA) is 93.0 Å². The molecule has 2 rings (SSSR count). The minimum atomic E-state index is -0.207. The molecule has 0 spiro atoms. The van der Waals surface area contributed by atoms with Gasteiger partial charge in [0, 0.05) is 19.1 Å². The molecule has 94 valence electrons. The molecule has 2 heterocycles. The Morgan fingerprint density at radius 1 is 1.76 bits per heavy atom. The number of H-pyrrole nitrogens is 1. The highest BCUT2D eigenvalue weighted by molar-refractivity contribution is 5.96. The molecular weight excluding hydrogens is 220 g/mol. The van der Waals surface area contributed by atoms with Gasteiger partial charge in [0.2, 0.25) is 0 Å². The predicted molar refractivity (Wildman–Crippen MR) is 63.5 cm³/mol. The molecule has 1 fully saturated rings. The number of amides is 1. The summed E-state index contributed by atoms with van der Waals surface area (Å²) in [5, 5.41) is 9.17. The normalized spacial score (nSPS) is 23.8. The van der Waals surface area contributed by atoms with Gasteiger partial charge in [-0.1, -0.05) is 6.92 Å². The predicted octanol–water partition coefficient (Wildman–Crippen LogP) is 0.537. The summed E-state index contributed by atoms with van der Waals surface area (Å²) in [6.07, 6.45) is 3.67. The Labute approximate surface area is 99.9 Å². The Kier molecular flexibility index (Phi) is 3.63. The fourth-order valence-corrected chi connectivity index (χ4v) is 2.17. The van der Waals surface area contributed by atoms with Crippen LogP contribution in [-0.2, 0) is 4.74 Å². The number of rotatable bonds is 4. The summed E-state index contributed by atoms with van der Waals surface area (Å²) in [6, 6.07) is 0. The van der Waals surface area contributed by atoms with Gasteiger partial charge in [-0.2, -0.15) is 5.10 Å². The molecule has 0 bridgehead atoms. The third kappa shape index (κ3) is 2.58. The Bertz CT molecular complexity index is 391. The lowest BCUT2D eigenvalue weighted by molar-refractivity contribution is 0.0825. The summed E-state index contributed by atoms with van der Waals surface area (Å²) in [4.78, 5) is 11.8. The van der Waals surface area contributed by atoms with Crippen LogP contribution in [0.25, 0.3) is 0 Å². The van der Waals surface area contributed by atoms with Crippen molar-refractivity contribution in [3.63, 3.8) is 0 Å².